The van der Waals surface area contributed by atoms with Crippen LogP contribution in [0.1, 0.15) is 19.5 Å². The van der Waals surface area contributed by atoms with Crippen LogP contribution in [0.15, 0.2) is 12.4 Å². The first-order valence-electron chi connectivity index (χ1n) is 5.81. The summed E-state index contributed by atoms with van der Waals surface area (Å²) in [7, 11) is 4.12. The Morgan fingerprint density at radius 2 is 2.00 bits per heavy atom. The number of aromatic nitrogens is 2. The topological polar surface area (TPSA) is 67.1 Å². The Morgan fingerprint density at radius 3 is 2.56 bits per heavy atom. The molecule has 0 saturated heterocycles. The smallest absolute Gasteiger partial charge is 0.155 e. The lowest BCUT2D eigenvalue weighted by Gasteiger charge is -2.28. The number of thiocarbonyl (C=S) groups is 1. The summed E-state index contributed by atoms with van der Waals surface area (Å²) in [5.41, 5.74) is 6.28. The van der Waals surface area contributed by atoms with Crippen molar-refractivity contribution in [2.75, 3.05) is 32.5 Å². The minimum Gasteiger partial charge on any atom is -0.388 e. The first kappa shape index (κ1) is 14.8. The summed E-state index contributed by atoms with van der Waals surface area (Å²) < 4.78 is 0. The van der Waals surface area contributed by atoms with Crippen molar-refractivity contribution in [2.24, 2.45) is 11.1 Å². The summed E-state index contributed by atoms with van der Waals surface area (Å²) in [5, 5.41) is 3.27. The van der Waals surface area contributed by atoms with Gasteiger partial charge in [0.05, 0.1) is 0 Å². The van der Waals surface area contributed by atoms with E-state index in [1.165, 1.54) is 0 Å². The Balaban J connectivity index is 2.71. The van der Waals surface area contributed by atoms with Gasteiger partial charge in [-0.3, -0.25) is 0 Å². The molecule has 1 aromatic heterocycles. The van der Waals surface area contributed by atoms with Crippen LogP contribution >= 0.6 is 12.2 Å². The van der Waals surface area contributed by atoms with Crippen LogP contribution in [0.25, 0.3) is 0 Å². The largest absolute Gasteiger partial charge is 0.388 e. The number of rotatable bonds is 6. The highest BCUT2D eigenvalue weighted by Gasteiger charge is 2.19. The number of hydrogen-bond acceptors (Lipinski definition) is 5. The minimum atomic E-state index is 0.120. The predicted molar refractivity (Wildman–Crippen MR) is 78.7 cm³/mol. The molecule has 1 heterocycles. The molecule has 0 aliphatic heterocycles. The lowest BCUT2D eigenvalue weighted by Crippen LogP contribution is -2.35. The maximum atomic E-state index is 5.62. The van der Waals surface area contributed by atoms with Crippen molar-refractivity contribution in [2.45, 2.75) is 13.8 Å². The molecule has 1 rings (SSSR count). The zero-order valence-corrected chi connectivity index (χ0v) is 12.2. The number of nitrogens with two attached hydrogens (primary N) is 1. The fraction of sp³-hybridized carbons (Fsp3) is 0.583. The molecule has 0 aliphatic rings. The van der Waals surface area contributed by atoms with Gasteiger partial charge in [-0.15, -0.1) is 0 Å². The van der Waals surface area contributed by atoms with Gasteiger partial charge in [-0.25, -0.2) is 9.97 Å². The lowest BCUT2D eigenvalue weighted by molar-refractivity contribution is 0.254. The Bertz CT molecular complexity index is 417. The Labute approximate surface area is 114 Å². The van der Waals surface area contributed by atoms with E-state index in [4.69, 9.17) is 18.0 Å². The molecule has 0 atom stereocenters. The number of nitrogens with one attached hydrogen (secondary N) is 1. The molecule has 5 nitrogen and oxygen atoms in total. The molecule has 0 unspecified atom stereocenters. The van der Waals surface area contributed by atoms with Crippen LogP contribution in [-0.2, 0) is 0 Å². The van der Waals surface area contributed by atoms with E-state index in [2.05, 4.69) is 48.1 Å². The monoisotopic (exact) mass is 267 g/mol. The van der Waals surface area contributed by atoms with Gasteiger partial charge in [0.15, 0.2) is 5.82 Å². The fourth-order valence-corrected chi connectivity index (χ4v) is 2.03. The molecule has 0 spiro atoms. The second kappa shape index (κ2) is 6.06. The molecule has 0 radical (unpaired) electrons. The van der Waals surface area contributed by atoms with Crippen LogP contribution in [0.2, 0.25) is 0 Å². The summed E-state index contributed by atoms with van der Waals surface area (Å²) in [6.45, 7) is 6.13. The third-order valence-electron chi connectivity index (χ3n) is 2.41. The van der Waals surface area contributed by atoms with E-state index in [0.29, 0.717) is 11.5 Å². The summed E-state index contributed by atoms with van der Waals surface area (Å²) in [6, 6.07) is 0. The zero-order chi connectivity index (χ0) is 13.8. The van der Waals surface area contributed by atoms with Crippen LogP contribution in [0.4, 0.5) is 5.82 Å². The number of anilines is 1. The molecule has 18 heavy (non-hydrogen) atoms. The van der Waals surface area contributed by atoms with Crippen molar-refractivity contribution < 1.29 is 0 Å². The molecule has 1 aromatic rings. The molecular weight excluding hydrogens is 246 g/mol. The molecule has 0 amide bonds. The minimum absolute atomic E-state index is 0.120. The average molecular weight is 267 g/mol. The molecule has 0 aromatic carbocycles. The van der Waals surface area contributed by atoms with Gasteiger partial charge in [-0.05, 0) is 19.5 Å². The number of nitrogens with zero attached hydrogens (tertiary/aromatic N) is 3. The second-order valence-electron chi connectivity index (χ2n) is 5.37. The van der Waals surface area contributed by atoms with Crippen LogP contribution in [0.3, 0.4) is 0 Å². The molecule has 0 aliphatic carbocycles. The molecule has 0 fully saturated rings. The van der Waals surface area contributed by atoms with E-state index in [1.54, 1.807) is 12.4 Å². The van der Waals surface area contributed by atoms with E-state index < -0.39 is 0 Å². The maximum Gasteiger partial charge on any atom is 0.155 e. The van der Waals surface area contributed by atoms with Gasteiger partial charge < -0.3 is 16.0 Å². The van der Waals surface area contributed by atoms with E-state index >= 15 is 0 Å². The molecule has 3 N–H and O–H groups in total. The van der Waals surface area contributed by atoms with E-state index in [-0.39, 0.29) is 10.4 Å². The van der Waals surface area contributed by atoms with E-state index in [0.717, 1.165) is 13.1 Å². The van der Waals surface area contributed by atoms with Gasteiger partial charge in [-0.1, -0.05) is 26.1 Å². The Morgan fingerprint density at radius 1 is 1.39 bits per heavy atom. The third-order valence-corrected chi connectivity index (χ3v) is 2.60. The summed E-state index contributed by atoms with van der Waals surface area (Å²) in [5.74, 6) is 0.650. The van der Waals surface area contributed by atoms with Gasteiger partial charge in [0, 0.05) is 25.5 Å². The maximum absolute atomic E-state index is 5.62. The van der Waals surface area contributed by atoms with Crippen molar-refractivity contribution in [3.8, 4) is 0 Å². The summed E-state index contributed by atoms with van der Waals surface area (Å²) in [4.78, 5) is 10.8. The highest BCUT2D eigenvalue weighted by molar-refractivity contribution is 7.80. The molecular formula is C12H21N5S. The first-order chi connectivity index (χ1) is 8.32. The Hall–Kier alpha value is -1.27. The van der Waals surface area contributed by atoms with Crippen molar-refractivity contribution in [1.82, 2.24) is 14.9 Å². The van der Waals surface area contributed by atoms with Gasteiger partial charge in [0.2, 0.25) is 0 Å². The van der Waals surface area contributed by atoms with Crippen LogP contribution in [0, 0.1) is 5.41 Å². The zero-order valence-electron chi connectivity index (χ0n) is 11.4. The SMILES string of the molecule is CN(C)CC(C)(C)CNc1nccnc1C(N)=S. The normalized spacial score (nSPS) is 11.6. The quantitative estimate of drug-likeness (QED) is 0.753. The second-order valence-corrected chi connectivity index (χ2v) is 5.81. The molecule has 6 heteroatoms. The summed E-state index contributed by atoms with van der Waals surface area (Å²) in [6.07, 6.45) is 3.22. The van der Waals surface area contributed by atoms with Gasteiger partial charge in [-0.2, -0.15) is 0 Å². The predicted octanol–water partition coefficient (Wildman–Crippen LogP) is 1.11. The van der Waals surface area contributed by atoms with Gasteiger partial charge >= 0.3 is 0 Å². The Kier molecular flexibility index (Phi) is 4.98. The van der Waals surface area contributed by atoms with Crippen molar-refractivity contribution >= 4 is 23.0 Å². The lowest BCUT2D eigenvalue weighted by atomic mass is 9.93. The van der Waals surface area contributed by atoms with E-state index in [1.807, 2.05) is 0 Å². The van der Waals surface area contributed by atoms with Crippen molar-refractivity contribution in [1.29, 1.82) is 0 Å². The first-order valence-corrected chi connectivity index (χ1v) is 6.22. The summed E-state index contributed by atoms with van der Waals surface area (Å²) >= 11 is 4.95. The van der Waals surface area contributed by atoms with Crippen LogP contribution in [-0.4, -0.2) is 47.0 Å². The van der Waals surface area contributed by atoms with Gasteiger partial charge in [0.25, 0.3) is 0 Å². The van der Waals surface area contributed by atoms with Crippen molar-refractivity contribution in [3.05, 3.63) is 18.1 Å². The molecule has 0 bridgehead atoms. The van der Waals surface area contributed by atoms with E-state index in [9.17, 15) is 0 Å². The molecule has 100 valence electrons. The third kappa shape index (κ3) is 4.54. The highest BCUT2D eigenvalue weighted by atomic mass is 32.1. The van der Waals surface area contributed by atoms with Gasteiger partial charge in [0.1, 0.15) is 10.7 Å². The fourth-order valence-electron chi connectivity index (χ4n) is 1.88. The van der Waals surface area contributed by atoms with Crippen molar-refractivity contribution in [3.63, 3.8) is 0 Å². The highest BCUT2D eigenvalue weighted by Crippen LogP contribution is 2.17. The standard InChI is InChI=1S/C12H21N5S/c1-12(2,8-17(3)4)7-16-11-9(10(13)18)14-5-6-15-11/h5-6H,7-8H2,1-4H3,(H2,13,18)(H,15,16). The molecule has 0 saturated carbocycles. The number of hydrogen-bond donors (Lipinski definition) is 2. The van der Waals surface area contributed by atoms with Crippen LogP contribution < -0.4 is 11.1 Å². The van der Waals surface area contributed by atoms with Crippen LogP contribution in [0.5, 0.6) is 0 Å². The average Bonchev–Trinajstić information content (AvgIpc) is 2.25.